The van der Waals surface area contributed by atoms with Crippen molar-refractivity contribution in [3.63, 3.8) is 0 Å². The zero-order valence-electron chi connectivity index (χ0n) is 18.2. The molecule has 2 aromatic rings. The number of H-pyrrole nitrogens is 1. The molecule has 1 fully saturated rings. The molecular weight excluding hydrogens is 366 g/mol. The van der Waals surface area contributed by atoms with Crippen LogP contribution >= 0.6 is 0 Å². The van der Waals surface area contributed by atoms with Crippen LogP contribution in [0, 0.1) is 13.8 Å². The van der Waals surface area contributed by atoms with Gasteiger partial charge in [0.15, 0.2) is 0 Å². The number of aromatic nitrogens is 3. The van der Waals surface area contributed by atoms with E-state index >= 15 is 0 Å². The largest absolute Gasteiger partial charge is 0.378 e. The first-order valence-electron chi connectivity index (χ1n) is 10.0. The smallest absolute Gasteiger partial charge is 0.227 e. The van der Waals surface area contributed by atoms with Gasteiger partial charge in [0, 0.05) is 30.7 Å². The van der Waals surface area contributed by atoms with Crippen LogP contribution in [-0.2, 0) is 14.9 Å². The van der Waals surface area contributed by atoms with E-state index in [1.165, 1.54) is 0 Å². The van der Waals surface area contributed by atoms with Crippen molar-refractivity contribution in [2.45, 2.75) is 46.5 Å². The van der Waals surface area contributed by atoms with E-state index < -0.39 is 5.41 Å². The lowest BCUT2D eigenvalue weighted by atomic mass is 9.80. The maximum Gasteiger partial charge on any atom is 0.227 e. The van der Waals surface area contributed by atoms with Crippen molar-refractivity contribution in [3.8, 4) is 0 Å². The van der Waals surface area contributed by atoms with Gasteiger partial charge in [0.1, 0.15) is 5.82 Å². The molecule has 3 rings (SSSR count). The van der Waals surface area contributed by atoms with Gasteiger partial charge in [-0.1, -0.05) is 19.1 Å². The number of nitrogens with one attached hydrogen (secondary N) is 1. The molecule has 2 aromatic heterocycles. The molecule has 0 aliphatic carbocycles. The molecule has 3 heterocycles. The number of rotatable bonds is 5. The Hall–Kier alpha value is -2.67. The number of allylic oxidation sites excluding steroid dienone is 1. The average molecular weight is 400 g/mol. The molecule has 1 saturated heterocycles. The summed E-state index contributed by atoms with van der Waals surface area (Å²) in [6.07, 6.45) is 6.79. The van der Waals surface area contributed by atoms with Gasteiger partial charge in [-0.3, -0.25) is 9.89 Å². The molecule has 0 unspecified atom stereocenters. The number of nitrogens with zero attached hydrogens (tertiary/aromatic N) is 3. The minimum Gasteiger partial charge on any atom is -0.378 e. The molecule has 0 atom stereocenters. The molecule has 3 N–H and O–H groups in total. The third-order valence-electron chi connectivity index (χ3n) is 5.02. The van der Waals surface area contributed by atoms with Gasteiger partial charge < -0.3 is 15.4 Å². The molecule has 1 aliphatic heterocycles. The fourth-order valence-electron chi connectivity index (χ4n) is 3.04. The number of primary amides is 1. The van der Waals surface area contributed by atoms with E-state index in [0.717, 1.165) is 47.8 Å². The van der Waals surface area contributed by atoms with Crippen LogP contribution in [0.2, 0.25) is 0 Å². The monoisotopic (exact) mass is 399 g/mol. The van der Waals surface area contributed by atoms with Crippen molar-refractivity contribution in [3.05, 3.63) is 46.9 Å². The fourth-order valence-corrected chi connectivity index (χ4v) is 3.04. The lowest BCUT2D eigenvalue weighted by Gasteiger charge is -2.31. The summed E-state index contributed by atoms with van der Waals surface area (Å²) in [4.78, 5) is 18.9. The second-order valence-electron chi connectivity index (χ2n) is 7.67. The van der Waals surface area contributed by atoms with Crippen LogP contribution in [0.1, 0.15) is 49.7 Å². The zero-order valence-corrected chi connectivity index (χ0v) is 18.2. The summed E-state index contributed by atoms with van der Waals surface area (Å²) < 4.78 is 5.41. The predicted molar refractivity (Wildman–Crippen MR) is 117 cm³/mol. The summed E-state index contributed by atoms with van der Waals surface area (Å²) in [6, 6.07) is 3.93. The third-order valence-corrected chi connectivity index (χ3v) is 5.02. The van der Waals surface area contributed by atoms with Crippen molar-refractivity contribution in [2.75, 3.05) is 31.2 Å². The van der Waals surface area contributed by atoms with E-state index in [0.29, 0.717) is 13.2 Å². The Kier molecular flexibility index (Phi) is 7.96. The van der Waals surface area contributed by atoms with E-state index in [1.54, 1.807) is 6.20 Å². The van der Waals surface area contributed by atoms with E-state index in [9.17, 15) is 4.79 Å². The Balaban J connectivity index is 0.000000426. The first-order valence-corrected chi connectivity index (χ1v) is 10.0. The summed E-state index contributed by atoms with van der Waals surface area (Å²) >= 11 is 0. The van der Waals surface area contributed by atoms with Gasteiger partial charge in [-0.05, 0) is 57.4 Å². The standard InChI is InChI=1S/C18H27N3O2.C4H6N2/c1-5-6-7-14-13(2)20-16(21-8-10-23-11-9-21)12-15(14)18(3,4)17(19)22;1-4-2-3-5-6-4/h6-7,12H,5,8-11H2,1-4H3,(H2,19,22);2-3H,1H3,(H,5,6)/b7-6-;. The highest BCUT2D eigenvalue weighted by Crippen LogP contribution is 2.32. The molecule has 1 aliphatic rings. The molecule has 0 saturated carbocycles. The summed E-state index contributed by atoms with van der Waals surface area (Å²) in [5, 5.41) is 6.45. The molecule has 0 radical (unpaired) electrons. The molecule has 7 heteroatoms. The number of ether oxygens (including phenoxy) is 1. The van der Waals surface area contributed by atoms with Crippen LogP contribution in [0.3, 0.4) is 0 Å². The van der Waals surface area contributed by atoms with E-state index in [1.807, 2.05) is 45.9 Å². The molecule has 0 spiro atoms. The Bertz CT molecular complexity index is 822. The highest BCUT2D eigenvalue weighted by molar-refractivity contribution is 5.87. The van der Waals surface area contributed by atoms with Crippen LogP contribution < -0.4 is 10.6 Å². The van der Waals surface area contributed by atoms with Gasteiger partial charge in [0.05, 0.1) is 18.6 Å². The molecule has 0 bridgehead atoms. The second kappa shape index (κ2) is 10.2. The van der Waals surface area contributed by atoms with Crippen LogP contribution in [0.15, 0.2) is 24.4 Å². The van der Waals surface area contributed by atoms with Crippen molar-refractivity contribution >= 4 is 17.8 Å². The second-order valence-corrected chi connectivity index (χ2v) is 7.67. The van der Waals surface area contributed by atoms with Crippen LogP contribution in [-0.4, -0.2) is 47.4 Å². The molecule has 7 nitrogen and oxygen atoms in total. The Morgan fingerprint density at radius 2 is 2.03 bits per heavy atom. The van der Waals surface area contributed by atoms with Gasteiger partial charge in [0.25, 0.3) is 0 Å². The van der Waals surface area contributed by atoms with E-state index in [2.05, 4.69) is 28.1 Å². The number of pyridine rings is 1. The minimum atomic E-state index is -0.748. The van der Waals surface area contributed by atoms with Crippen LogP contribution in [0.4, 0.5) is 5.82 Å². The van der Waals surface area contributed by atoms with Crippen molar-refractivity contribution in [1.29, 1.82) is 0 Å². The Labute approximate surface area is 173 Å². The quantitative estimate of drug-likeness (QED) is 0.805. The van der Waals surface area contributed by atoms with Gasteiger partial charge in [-0.2, -0.15) is 5.10 Å². The van der Waals surface area contributed by atoms with E-state index in [-0.39, 0.29) is 5.91 Å². The summed E-state index contributed by atoms with van der Waals surface area (Å²) in [7, 11) is 0. The van der Waals surface area contributed by atoms with Crippen LogP contribution in [0.25, 0.3) is 6.08 Å². The number of nitrogens with two attached hydrogens (primary N) is 1. The SMILES string of the molecule is CC/C=C\c1c(C(C)(C)C(N)=O)cc(N2CCOCC2)nc1C.Cc1ccn[nH]1. The first-order chi connectivity index (χ1) is 13.8. The summed E-state index contributed by atoms with van der Waals surface area (Å²) in [6.45, 7) is 12.8. The number of carbonyl (C=O) groups excluding carboxylic acids is 1. The van der Waals surface area contributed by atoms with Gasteiger partial charge >= 0.3 is 0 Å². The molecular formula is C22H33N5O2. The highest BCUT2D eigenvalue weighted by atomic mass is 16.5. The number of aryl methyl sites for hydroxylation is 2. The third kappa shape index (κ3) is 5.90. The normalized spacial score (nSPS) is 14.6. The maximum atomic E-state index is 12.0. The number of aromatic amines is 1. The molecule has 158 valence electrons. The Morgan fingerprint density at radius 3 is 2.52 bits per heavy atom. The minimum absolute atomic E-state index is 0.331. The van der Waals surface area contributed by atoms with Crippen molar-refractivity contribution in [1.82, 2.24) is 15.2 Å². The average Bonchev–Trinajstić information content (AvgIpc) is 3.18. The lowest BCUT2D eigenvalue weighted by molar-refractivity contribution is -0.122. The van der Waals surface area contributed by atoms with Gasteiger partial charge in [0.2, 0.25) is 5.91 Å². The molecule has 1 amide bonds. The lowest BCUT2D eigenvalue weighted by Crippen LogP contribution is -2.39. The molecule has 29 heavy (non-hydrogen) atoms. The first kappa shape index (κ1) is 22.6. The number of hydrogen-bond acceptors (Lipinski definition) is 5. The topological polar surface area (TPSA) is 97.1 Å². The number of morpholine rings is 1. The van der Waals surface area contributed by atoms with Crippen molar-refractivity contribution in [2.24, 2.45) is 5.73 Å². The van der Waals surface area contributed by atoms with Gasteiger partial charge in [-0.25, -0.2) is 4.98 Å². The highest BCUT2D eigenvalue weighted by Gasteiger charge is 2.31. The van der Waals surface area contributed by atoms with Gasteiger partial charge in [-0.15, -0.1) is 0 Å². The number of amides is 1. The Morgan fingerprint density at radius 1 is 1.34 bits per heavy atom. The number of anilines is 1. The zero-order chi connectivity index (χ0) is 21.4. The predicted octanol–water partition coefficient (Wildman–Crippen LogP) is 3.13. The summed E-state index contributed by atoms with van der Waals surface area (Å²) in [5.74, 6) is 0.561. The van der Waals surface area contributed by atoms with E-state index in [4.69, 9.17) is 15.5 Å². The maximum absolute atomic E-state index is 12.0. The van der Waals surface area contributed by atoms with Crippen molar-refractivity contribution < 1.29 is 9.53 Å². The number of hydrogen-bond donors (Lipinski definition) is 2. The number of carbonyl (C=O) groups is 1. The molecule has 0 aromatic carbocycles. The van der Waals surface area contributed by atoms with Crippen LogP contribution in [0.5, 0.6) is 0 Å². The summed E-state index contributed by atoms with van der Waals surface area (Å²) in [5.41, 5.74) is 8.87. The fraction of sp³-hybridized carbons (Fsp3) is 0.500.